The van der Waals surface area contributed by atoms with Gasteiger partial charge in [-0.25, -0.2) is 4.98 Å². The Hall–Kier alpha value is -11.2. The first kappa shape index (κ1) is 47.5. The Bertz CT molecular complexity index is 5560. The molecule has 0 atom stereocenters. The number of hydrogen-bond donors (Lipinski definition) is 0. The summed E-state index contributed by atoms with van der Waals surface area (Å²) in [5, 5.41) is 9.13. The van der Waals surface area contributed by atoms with Gasteiger partial charge in [-0.3, -0.25) is 4.57 Å². The van der Waals surface area contributed by atoms with E-state index in [2.05, 4.69) is 252 Å². The van der Waals surface area contributed by atoms with Crippen molar-refractivity contribution in [2.24, 2.45) is 0 Å². The third kappa shape index (κ3) is 7.11. The van der Waals surface area contributed by atoms with E-state index in [1.165, 1.54) is 44.2 Å². The highest BCUT2D eigenvalue weighted by molar-refractivity contribution is 6.20. The second-order valence-corrected chi connectivity index (χ2v) is 23.2. The van der Waals surface area contributed by atoms with Gasteiger partial charge in [0.15, 0.2) is 11.6 Å². The van der Waals surface area contributed by atoms with E-state index in [4.69, 9.17) is 19.4 Å². The first-order chi connectivity index (χ1) is 41.9. The molecule has 12 aromatic carbocycles. The van der Waals surface area contributed by atoms with Gasteiger partial charge in [-0.05, 0) is 142 Å². The van der Waals surface area contributed by atoms with Gasteiger partial charge in [0.2, 0.25) is 5.95 Å². The molecular formula is C78H50N6O. The minimum absolute atomic E-state index is 0.200. The molecule has 0 aliphatic heterocycles. The monoisotopic (exact) mass is 1090 g/mol. The molecule has 85 heavy (non-hydrogen) atoms. The number of para-hydroxylation sites is 4. The van der Waals surface area contributed by atoms with E-state index in [-0.39, 0.29) is 5.41 Å². The topological polar surface area (TPSA) is 66.6 Å². The maximum Gasteiger partial charge on any atom is 0.238 e. The Morgan fingerprint density at radius 1 is 0.282 bits per heavy atom. The predicted octanol–water partition coefficient (Wildman–Crippen LogP) is 20.0. The van der Waals surface area contributed by atoms with Crippen LogP contribution in [0.2, 0.25) is 0 Å². The quantitative estimate of drug-likeness (QED) is 0.159. The fourth-order valence-corrected chi connectivity index (χ4v) is 14.0. The normalized spacial score (nSPS) is 12.9. The van der Waals surface area contributed by atoms with Gasteiger partial charge in [-0.2, -0.15) is 9.97 Å². The lowest BCUT2D eigenvalue weighted by Crippen LogP contribution is -2.14. The lowest BCUT2D eigenvalue weighted by molar-refractivity contribution is 0.660. The Balaban J connectivity index is 0.818. The van der Waals surface area contributed by atoms with Crippen LogP contribution < -0.4 is 0 Å². The van der Waals surface area contributed by atoms with Crippen molar-refractivity contribution in [2.45, 2.75) is 19.3 Å². The van der Waals surface area contributed by atoms with Crippen molar-refractivity contribution in [1.29, 1.82) is 0 Å². The minimum atomic E-state index is -0.200. The SMILES string of the molecule is CC1(C)c2ccc(-c3ccc4c(c3)c3cc5oc6ccccc6c5cc3n4-c3ccccc3)cc2-c2cc(-c3ccc4c(c3)c3cc5c(cc3n4-c3nc(-c4ccccc4)nc(-c4ccccc4)n3)c3ccccc3n5-c3ccccc3)ccc21. The fourth-order valence-electron chi connectivity index (χ4n) is 14.0. The number of hydrogen-bond acceptors (Lipinski definition) is 4. The Labute approximate surface area is 488 Å². The van der Waals surface area contributed by atoms with Gasteiger partial charge < -0.3 is 13.6 Å². The van der Waals surface area contributed by atoms with E-state index in [9.17, 15) is 0 Å². The molecule has 1 aliphatic rings. The summed E-state index contributed by atoms with van der Waals surface area (Å²) in [5.41, 5.74) is 22.1. The van der Waals surface area contributed by atoms with Crippen LogP contribution in [0.3, 0.4) is 0 Å². The molecule has 0 radical (unpaired) electrons. The Morgan fingerprint density at radius 2 is 0.694 bits per heavy atom. The summed E-state index contributed by atoms with van der Waals surface area (Å²) >= 11 is 0. The van der Waals surface area contributed by atoms with Crippen LogP contribution in [-0.4, -0.2) is 28.7 Å². The van der Waals surface area contributed by atoms with Crippen LogP contribution in [0.25, 0.3) is 161 Å². The highest BCUT2D eigenvalue weighted by Crippen LogP contribution is 2.52. The maximum atomic E-state index is 6.51. The van der Waals surface area contributed by atoms with Crippen LogP contribution in [0.1, 0.15) is 25.0 Å². The second-order valence-electron chi connectivity index (χ2n) is 23.2. The van der Waals surface area contributed by atoms with E-state index >= 15 is 0 Å². The number of furan rings is 1. The zero-order chi connectivity index (χ0) is 56.1. The molecule has 1 aliphatic carbocycles. The molecule has 17 aromatic rings. The fraction of sp³-hybridized carbons (Fsp3) is 0.0385. The minimum Gasteiger partial charge on any atom is -0.456 e. The molecule has 0 saturated carbocycles. The summed E-state index contributed by atoms with van der Waals surface area (Å²) in [6, 6.07) is 96.3. The molecule has 0 saturated heterocycles. The molecule has 0 bridgehead atoms. The summed E-state index contributed by atoms with van der Waals surface area (Å²) in [6.45, 7) is 4.73. The molecular weight excluding hydrogens is 1040 g/mol. The Kier molecular flexibility index (Phi) is 10.0. The molecule has 7 nitrogen and oxygen atoms in total. The summed E-state index contributed by atoms with van der Waals surface area (Å²) in [6.07, 6.45) is 0. The van der Waals surface area contributed by atoms with Crippen molar-refractivity contribution >= 4 is 87.4 Å². The first-order valence-corrected chi connectivity index (χ1v) is 29.1. The zero-order valence-electron chi connectivity index (χ0n) is 46.5. The molecule has 18 rings (SSSR count). The number of nitrogens with zero attached hydrogens (tertiary/aromatic N) is 6. The van der Waals surface area contributed by atoms with Crippen molar-refractivity contribution in [2.75, 3.05) is 0 Å². The van der Waals surface area contributed by atoms with Crippen LogP contribution in [0, 0.1) is 0 Å². The van der Waals surface area contributed by atoms with Crippen LogP contribution in [0.4, 0.5) is 0 Å². The van der Waals surface area contributed by atoms with E-state index in [1.54, 1.807) is 0 Å². The maximum absolute atomic E-state index is 6.51. The largest absolute Gasteiger partial charge is 0.456 e. The third-order valence-electron chi connectivity index (χ3n) is 18.1. The van der Waals surface area contributed by atoms with Gasteiger partial charge >= 0.3 is 0 Å². The van der Waals surface area contributed by atoms with E-state index < -0.39 is 0 Å². The van der Waals surface area contributed by atoms with Crippen molar-refractivity contribution < 1.29 is 4.42 Å². The molecule has 0 N–H and O–H groups in total. The summed E-state index contributed by atoms with van der Waals surface area (Å²) in [4.78, 5) is 15.8. The number of rotatable bonds is 7. The van der Waals surface area contributed by atoms with Crippen LogP contribution in [0.15, 0.2) is 271 Å². The Morgan fingerprint density at radius 3 is 1.27 bits per heavy atom. The lowest BCUT2D eigenvalue weighted by atomic mass is 9.82. The molecule has 7 heteroatoms. The van der Waals surface area contributed by atoms with Crippen molar-refractivity contribution in [3.8, 4) is 73.5 Å². The smallest absolute Gasteiger partial charge is 0.238 e. The average Bonchev–Trinajstić information content (AvgIpc) is 1.72. The standard InChI is InChI=1S/C78H50N6O/c1-78(2)65-35-31-49(51-33-37-68-60(42-51)63-46-74-64(56-28-16-18-30-73(56)85-74)45-71(63)83(68)54-25-13-6-14-26-54)39-57(65)58-40-50(32-36-66(58)78)52-34-38-69-59(41-52)62-44-70-61(55-27-15-17-29-67(55)82(70)53-23-11-5-12-24-53)43-72(62)84(69)77-80-75(47-19-7-3-8-20-47)79-76(81-77)48-21-9-4-10-22-48/h3-46H,1-2H3. The number of benzene rings is 12. The van der Waals surface area contributed by atoms with E-state index in [0.29, 0.717) is 17.6 Å². The van der Waals surface area contributed by atoms with E-state index in [1.807, 2.05) is 42.5 Å². The van der Waals surface area contributed by atoms with Crippen LogP contribution >= 0.6 is 0 Å². The summed E-state index contributed by atoms with van der Waals surface area (Å²) in [5.74, 6) is 1.79. The average molecular weight is 1090 g/mol. The van der Waals surface area contributed by atoms with Gasteiger partial charge in [0.25, 0.3) is 0 Å². The van der Waals surface area contributed by atoms with Gasteiger partial charge in [0, 0.05) is 71.0 Å². The zero-order valence-corrected chi connectivity index (χ0v) is 46.5. The van der Waals surface area contributed by atoms with Gasteiger partial charge in [-0.15, -0.1) is 0 Å². The van der Waals surface area contributed by atoms with Crippen molar-refractivity contribution in [3.63, 3.8) is 0 Å². The van der Waals surface area contributed by atoms with Crippen molar-refractivity contribution in [1.82, 2.24) is 28.7 Å². The van der Waals surface area contributed by atoms with Crippen LogP contribution in [-0.2, 0) is 5.41 Å². The molecule has 5 aromatic heterocycles. The third-order valence-corrected chi connectivity index (χ3v) is 18.1. The number of fused-ring (bicyclic) bond motifs is 15. The predicted molar refractivity (Wildman–Crippen MR) is 349 cm³/mol. The highest BCUT2D eigenvalue weighted by Gasteiger charge is 2.36. The van der Waals surface area contributed by atoms with Gasteiger partial charge in [-0.1, -0.05) is 184 Å². The highest BCUT2D eigenvalue weighted by atomic mass is 16.3. The molecule has 5 heterocycles. The summed E-state index contributed by atoms with van der Waals surface area (Å²) < 4.78 is 13.6. The van der Waals surface area contributed by atoms with Gasteiger partial charge in [0.1, 0.15) is 11.2 Å². The molecule has 398 valence electrons. The second kappa shape index (κ2) is 17.9. The number of aromatic nitrogens is 6. The molecule has 0 amide bonds. The van der Waals surface area contributed by atoms with E-state index in [0.717, 1.165) is 110 Å². The molecule has 0 spiro atoms. The van der Waals surface area contributed by atoms with Gasteiger partial charge in [0.05, 0.1) is 33.1 Å². The lowest BCUT2D eigenvalue weighted by Gasteiger charge is -2.21. The van der Waals surface area contributed by atoms with Crippen molar-refractivity contribution in [3.05, 3.63) is 278 Å². The summed E-state index contributed by atoms with van der Waals surface area (Å²) in [7, 11) is 0. The molecule has 0 fully saturated rings. The van der Waals surface area contributed by atoms with Crippen LogP contribution in [0.5, 0.6) is 0 Å². The molecule has 0 unspecified atom stereocenters. The first-order valence-electron chi connectivity index (χ1n) is 29.1.